The van der Waals surface area contributed by atoms with Crippen LogP contribution in [0.1, 0.15) is 12.0 Å². The Labute approximate surface area is 145 Å². The third-order valence-electron chi connectivity index (χ3n) is 3.65. The molecule has 2 aliphatic rings. The molecule has 0 amide bonds. The number of hydrogen-bond donors (Lipinski definition) is 2. The molecule has 0 bridgehead atoms. The van der Waals surface area contributed by atoms with E-state index >= 15 is 0 Å². The molecule has 1 aromatic carbocycles. The number of hydrogen-bond acceptors (Lipinski definition) is 4. The second-order valence-corrected chi connectivity index (χ2v) is 7.78. The van der Waals surface area contributed by atoms with Gasteiger partial charge in [0.2, 0.25) is 10.0 Å². The molecule has 5 nitrogen and oxygen atoms in total. The van der Waals surface area contributed by atoms with E-state index in [1.54, 1.807) is 6.07 Å². The number of ether oxygens (including phenoxy) is 1. The summed E-state index contributed by atoms with van der Waals surface area (Å²) in [7, 11) is -3.57. The van der Waals surface area contributed by atoms with Gasteiger partial charge in [-0.05, 0) is 25.1 Å². The van der Waals surface area contributed by atoms with Crippen molar-refractivity contribution in [1.82, 2.24) is 10.0 Å². The van der Waals surface area contributed by atoms with Crippen LogP contribution in [-0.4, -0.2) is 34.7 Å². The standard InChI is InChI=1S/C14H17BrN2O3S.ClH/c15-12-7-11-3-6-20-14(11)13(8-12)21(18,19)17-9-10-1-4-16-5-2-10;/h1,7-8,16-17H,2-6,9H2;1H. The summed E-state index contributed by atoms with van der Waals surface area (Å²) in [5.41, 5.74) is 2.05. The Hall–Kier alpha value is -0.600. The predicted octanol–water partition coefficient (Wildman–Crippen LogP) is 2.00. The molecule has 8 heteroatoms. The van der Waals surface area contributed by atoms with E-state index in [0.717, 1.165) is 41.5 Å². The maximum atomic E-state index is 12.5. The fourth-order valence-corrected chi connectivity index (χ4v) is 4.43. The highest BCUT2D eigenvalue weighted by molar-refractivity contribution is 9.10. The van der Waals surface area contributed by atoms with E-state index in [1.165, 1.54) is 0 Å². The predicted molar refractivity (Wildman–Crippen MR) is 91.3 cm³/mol. The zero-order chi connectivity index (χ0) is 14.9. The quantitative estimate of drug-likeness (QED) is 0.747. The van der Waals surface area contributed by atoms with E-state index in [4.69, 9.17) is 4.74 Å². The molecule has 0 aromatic heterocycles. The van der Waals surface area contributed by atoms with Crippen LogP contribution in [0.5, 0.6) is 5.75 Å². The first-order chi connectivity index (χ1) is 10.1. The zero-order valence-corrected chi connectivity index (χ0v) is 15.1. The minimum absolute atomic E-state index is 0. The van der Waals surface area contributed by atoms with Crippen LogP contribution < -0.4 is 14.8 Å². The molecule has 0 fully saturated rings. The Morgan fingerprint density at radius 2 is 2.14 bits per heavy atom. The first-order valence-corrected chi connectivity index (χ1v) is 9.17. The Balaban J connectivity index is 0.00000176. The highest BCUT2D eigenvalue weighted by Crippen LogP contribution is 2.35. The monoisotopic (exact) mass is 408 g/mol. The van der Waals surface area contributed by atoms with Crippen LogP contribution in [-0.2, 0) is 16.4 Å². The SMILES string of the molecule is Cl.O=S(=O)(NCC1=CCNCC1)c1cc(Br)cc2c1OCC2. The van der Waals surface area contributed by atoms with Crippen molar-refractivity contribution in [2.75, 3.05) is 26.2 Å². The van der Waals surface area contributed by atoms with Crippen molar-refractivity contribution in [3.8, 4) is 5.75 Å². The molecule has 122 valence electrons. The Morgan fingerprint density at radius 3 is 2.86 bits per heavy atom. The summed E-state index contributed by atoms with van der Waals surface area (Å²) < 4.78 is 34.0. The van der Waals surface area contributed by atoms with E-state index in [0.29, 0.717) is 18.9 Å². The molecule has 2 N–H and O–H groups in total. The largest absolute Gasteiger partial charge is 0.492 e. The first kappa shape index (κ1) is 17.7. The van der Waals surface area contributed by atoms with Crippen LogP contribution in [0.4, 0.5) is 0 Å². The van der Waals surface area contributed by atoms with Crippen molar-refractivity contribution in [2.45, 2.75) is 17.7 Å². The van der Waals surface area contributed by atoms with Gasteiger partial charge in [0, 0.05) is 29.5 Å². The second kappa shape index (κ2) is 7.31. The number of benzene rings is 1. The van der Waals surface area contributed by atoms with E-state index in [9.17, 15) is 8.42 Å². The van der Waals surface area contributed by atoms with E-state index in [2.05, 4.69) is 26.0 Å². The van der Waals surface area contributed by atoms with Gasteiger partial charge in [-0.3, -0.25) is 0 Å². The first-order valence-electron chi connectivity index (χ1n) is 6.90. The Kier molecular flexibility index (Phi) is 5.90. The van der Waals surface area contributed by atoms with Crippen LogP contribution in [0.3, 0.4) is 0 Å². The van der Waals surface area contributed by atoms with Gasteiger partial charge in [-0.25, -0.2) is 13.1 Å². The lowest BCUT2D eigenvalue weighted by molar-refractivity contribution is 0.348. The fourth-order valence-electron chi connectivity index (χ4n) is 2.53. The number of rotatable bonds is 4. The molecule has 0 aliphatic carbocycles. The molecule has 22 heavy (non-hydrogen) atoms. The van der Waals surface area contributed by atoms with Crippen molar-refractivity contribution >= 4 is 38.4 Å². The summed E-state index contributed by atoms with van der Waals surface area (Å²) >= 11 is 3.37. The molecular formula is C14H18BrClN2O3S. The lowest BCUT2D eigenvalue weighted by Gasteiger charge is -2.16. The third-order valence-corrected chi connectivity index (χ3v) is 5.52. The van der Waals surface area contributed by atoms with Crippen molar-refractivity contribution in [3.63, 3.8) is 0 Å². The average molecular weight is 410 g/mol. The van der Waals surface area contributed by atoms with Crippen LogP contribution in [0.25, 0.3) is 0 Å². The van der Waals surface area contributed by atoms with E-state index in [-0.39, 0.29) is 17.3 Å². The van der Waals surface area contributed by atoms with Gasteiger partial charge in [-0.2, -0.15) is 0 Å². The van der Waals surface area contributed by atoms with Crippen LogP contribution >= 0.6 is 28.3 Å². The van der Waals surface area contributed by atoms with E-state index in [1.807, 2.05) is 12.1 Å². The number of fused-ring (bicyclic) bond motifs is 1. The van der Waals surface area contributed by atoms with Crippen molar-refractivity contribution in [3.05, 3.63) is 33.8 Å². The van der Waals surface area contributed by atoms with Crippen LogP contribution in [0, 0.1) is 0 Å². The number of nitrogens with one attached hydrogen (secondary N) is 2. The normalized spacial score (nSPS) is 17.2. The number of halogens is 2. The van der Waals surface area contributed by atoms with Crippen LogP contribution in [0.15, 0.2) is 33.2 Å². The summed E-state index contributed by atoms with van der Waals surface area (Å²) in [4.78, 5) is 0.221. The van der Waals surface area contributed by atoms with Gasteiger partial charge in [-0.1, -0.05) is 27.6 Å². The highest BCUT2D eigenvalue weighted by Gasteiger charge is 2.26. The molecule has 0 saturated heterocycles. The fraction of sp³-hybridized carbons (Fsp3) is 0.429. The molecule has 0 unspecified atom stereocenters. The average Bonchev–Trinajstić information content (AvgIpc) is 2.93. The Bertz CT molecular complexity index is 692. The molecule has 0 atom stereocenters. The summed E-state index contributed by atoms with van der Waals surface area (Å²) in [6, 6.07) is 3.51. The van der Waals surface area contributed by atoms with Gasteiger partial charge < -0.3 is 10.1 Å². The molecular weight excluding hydrogens is 392 g/mol. The second-order valence-electron chi connectivity index (χ2n) is 5.13. The third kappa shape index (κ3) is 3.83. The summed E-state index contributed by atoms with van der Waals surface area (Å²) in [6.07, 6.45) is 3.65. The Morgan fingerprint density at radius 1 is 1.32 bits per heavy atom. The minimum atomic E-state index is -3.57. The van der Waals surface area contributed by atoms with E-state index < -0.39 is 10.0 Å². The van der Waals surface area contributed by atoms with Crippen LogP contribution in [0.2, 0.25) is 0 Å². The summed E-state index contributed by atoms with van der Waals surface area (Å²) in [5, 5.41) is 3.21. The topological polar surface area (TPSA) is 67.4 Å². The molecule has 1 aromatic rings. The molecule has 2 aliphatic heterocycles. The van der Waals surface area contributed by atoms with Gasteiger partial charge in [0.25, 0.3) is 0 Å². The molecule has 0 spiro atoms. The van der Waals surface area contributed by atoms with Gasteiger partial charge in [0.1, 0.15) is 10.6 Å². The number of sulfonamides is 1. The van der Waals surface area contributed by atoms with Crippen molar-refractivity contribution < 1.29 is 13.2 Å². The van der Waals surface area contributed by atoms with Gasteiger partial charge >= 0.3 is 0 Å². The summed E-state index contributed by atoms with van der Waals surface area (Å²) in [5.74, 6) is 0.491. The van der Waals surface area contributed by atoms with Gasteiger partial charge in [0.15, 0.2) is 0 Å². The highest BCUT2D eigenvalue weighted by atomic mass is 79.9. The molecule has 3 rings (SSSR count). The molecule has 0 saturated carbocycles. The van der Waals surface area contributed by atoms with Crippen molar-refractivity contribution in [1.29, 1.82) is 0 Å². The molecule has 0 radical (unpaired) electrons. The zero-order valence-electron chi connectivity index (χ0n) is 11.9. The van der Waals surface area contributed by atoms with Gasteiger partial charge in [-0.15, -0.1) is 12.4 Å². The molecule has 2 heterocycles. The minimum Gasteiger partial charge on any atom is -0.492 e. The van der Waals surface area contributed by atoms with Gasteiger partial charge in [0.05, 0.1) is 6.61 Å². The summed E-state index contributed by atoms with van der Waals surface area (Å²) in [6.45, 7) is 2.58. The maximum absolute atomic E-state index is 12.5. The lowest BCUT2D eigenvalue weighted by atomic mass is 10.1. The maximum Gasteiger partial charge on any atom is 0.244 e. The lowest BCUT2D eigenvalue weighted by Crippen LogP contribution is -2.30. The van der Waals surface area contributed by atoms with Crippen molar-refractivity contribution in [2.24, 2.45) is 0 Å². The smallest absolute Gasteiger partial charge is 0.244 e.